The highest BCUT2D eigenvalue weighted by Crippen LogP contribution is 2.40. The van der Waals surface area contributed by atoms with Crippen LogP contribution in [0.3, 0.4) is 0 Å². The molecule has 2 fully saturated rings. The lowest BCUT2D eigenvalue weighted by Crippen LogP contribution is -2.58. The highest BCUT2D eigenvalue weighted by atomic mass is 15.3. The van der Waals surface area contributed by atoms with Crippen molar-refractivity contribution in [2.45, 2.75) is 38.8 Å². The Bertz CT molecular complexity index is 426. The molecule has 1 aromatic rings. The van der Waals surface area contributed by atoms with Crippen LogP contribution >= 0.6 is 0 Å². The first-order valence-electron chi connectivity index (χ1n) is 7.59. The van der Waals surface area contributed by atoms with E-state index >= 15 is 0 Å². The lowest BCUT2D eigenvalue weighted by Gasteiger charge is -2.45. The molecule has 1 N–H and O–H groups in total. The van der Waals surface area contributed by atoms with Crippen molar-refractivity contribution in [3.8, 4) is 0 Å². The van der Waals surface area contributed by atoms with E-state index in [0.29, 0.717) is 6.04 Å². The van der Waals surface area contributed by atoms with Gasteiger partial charge in [0.25, 0.3) is 0 Å². The van der Waals surface area contributed by atoms with Crippen LogP contribution in [0.4, 0.5) is 0 Å². The zero-order chi connectivity index (χ0) is 13.5. The lowest BCUT2D eigenvalue weighted by atomic mass is 9.94. The Kier molecular flexibility index (Phi) is 3.40. The minimum absolute atomic E-state index is 0.239. The van der Waals surface area contributed by atoms with Crippen LogP contribution < -0.4 is 5.32 Å². The monoisotopic (exact) mass is 258 g/mol. The van der Waals surface area contributed by atoms with Gasteiger partial charge in [0.2, 0.25) is 0 Å². The smallest absolute Gasteiger partial charge is 0.0473 e. The SMILES string of the molecule is CC1CC1CN1CC(C)(C)NCC1c1ccccc1. The van der Waals surface area contributed by atoms with Crippen molar-refractivity contribution < 1.29 is 0 Å². The van der Waals surface area contributed by atoms with Gasteiger partial charge in [0.15, 0.2) is 0 Å². The van der Waals surface area contributed by atoms with Gasteiger partial charge in [-0.3, -0.25) is 4.90 Å². The molecule has 0 aromatic heterocycles. The summed E-state index contributed by atoms with van der Waals surface area (Å²) in [7, 11) is 0. The summed E-state index contributed by atoms with van der Waals surface area (Å²) in [6.45, 7) is 10.5. The summed E-state index contributed by atoms with van der Waals surface area (Å²) < 4.78 is 0. The van der Waals surface area contributed by atoms with Gasteiger partial charge in [-0.2, -0.15) is 0 Å². The molecule has 0 bridgehead atoms. The Morgan fingerprint density at radius 3 is 2.58 bits per heavy atom. The highest BCUT2D eigenvalue weighted by Gasteiger charge is 2.39. The lowest BCUT2D eigenvalue weighted by molar-refractivity contribution is 0.0890. The zero-order valence-corrected chi connectivity index (χ0v) is 12.4. The second-order valence-corrected chi connectivity index (χ2v) is 7.09. The molecule has 3 rings (SSSR count). The molecule has 19 heavy (non-hydrogen) atoms. The topological polar surface area (TPSA) is 15.3 Å². The Labute approximate surface area is 117 Å². The quantitative estimate of drug-likeness (QED) is 0.896. The van der Waals surface area contributed by atoms with Crippen molar-refractivity contribution in [2.24, 2.45) is 11.8 Å². The van der Waals surface area contributed by atoms with Gasteiger partial charge in [0.1, 0.15) is 0 Å². The normalized spacial score (nSPS) is 34.2. The third-order valence-corrected chi connectivity index (χ3v) is 4.74. The summed E-state index contributed by atoms with van der Waals surface area (Å²) in [5.41, 5.74) is 1.70. The molecule has 1 saturated carbocycles. The van der Waals surface area contributed by atoms with Gasteiger partial charge in [-0.1, -0.05) is 37.3 Å². The fourth-order valence-corrected chi connectivity index (χ4v) is 3.33. The number of nitrogens with one attached hydrogen (secondary N) is 1. The molecule has 1 aromatic carbocycles. The molecule has 2 heteroatoms. The van der Waals surface area contributed by atoms with Gasteiger partial charge in [0.05, 0.1) is 0 Å². The second-order valence-electron chi connectivity index (χ2n) is 7.09. The van der Waals surface area contributed by atoms with Crippen molar-refractivity contribution in [2.75, 3.05) is 19.6 Å². The average Bonchev–Trinajstić information content (AvgIpc) is 3.05. The Balaban J connectivity index is 1.76. The zero-order valence-electron chi connectivity index (χ0n) is 12.4. The highest BCUT2D eigenvalue weighted by molar-refractivity contribution is 5.21. The molecule has 0 radical (unpaired) electrons. The second kappa shape index (κ2) is 4.92. The number of nitrogens with zero attached hydrogens (tertiary/aromatic N) is 1. The molecule has 1 aliphatic heterocycles. The van der Waals surface area contributed by atoms with E-state index in [1.54, 1.807) is 0 Å². The summed E-state index contributed by atoms with van der Waals surface area (Å²) in [6, 6.07) is 11.5. The summed E-state index contributed by atoms with van der Waals surface area (Å²) in [4.78, 5) is 2.71. The molecule has 0 spiro atoms. The van der Waals surface area contributed by atoms with E-state index in [2.05, 4.69) is 61.3 Å². The van der Waals surface area contributed by atoms with Crippen LogP contribution in [0.15, 0.2) is 30.3 Å². The first-order valence-corrected chi connectivity index (χ1v) is 7.59. The molecule has 0 amide bonds. The molecule has 1 saturated heterocycles. The van der Waals surface area contributed by atoms with Gasteiger partial charge >= 0.3 is 0 Å². The van der Waals surface area contributed by atoms with E-state index in [1.165, 1.54) is 18.5 Å². The number of hydrogen-bond acceptors (Lipinski definition) is 2. The molecule has 104 valence electrons. The summed E-state index contributed by atoms with van der Waals surface area (Å²) >= 11 is 0. The van der Waals surface area contributed by atoms with E-state index in [0.717, 1.165) is 24.9 Å². The largest absolute Gasteiger partial charge is 0.309 e. The molecular formula is C17H26N2. The van der Waals surface area contributed by atoms with Gasteiger partial charge in [-0.15, -0.1) is 0 Å². The van der Waals surface area contributed by atoms with E-state index in [4.69, 9.17) is 0 Å². The predicted octanol–water partition coefficient (Wildman–Crippen LogP) is 3.07. The minimum Gasteiger partial charge on any atom is -0.309 e. The number of piperazine rings is 1. The molecular weight excluding hydrogens is 232 g/mol. The van der Waals surface area contributed by atoms with Crippen molar-refractivity contribution in [1.29, 1.82) is 0 Å². The fourth-order valence-electron chi connectivity index (χ4n) is 3.33. The maximum atomic E-state index is 3.70. The van der Waals surface area contributed by atoms with Crippen molar-refractivity contribution in [3.05, 3.63) is 35.9 Å². The third-order valence-electron chi connectivity index (χ3n) is 4.74. The van der Waals surface area contributed by atoms with Gasteiger partial charge in [-0.05, 0) is 37.7 Å². The van der Waals surface area contributed by atoms with Crippen LogP contribution in [0, 0.1) is 11.8 Å². The van der Waals surface area contributed by atoms with Crippen LogP contribution in [-0.2, 0) is 0 Å². The predicted molar refractivity (Wildman–Crippen MR) is 80.1 cm³/mol. The maximum Gasteiger partial charge on any atom is 0.0473 e. The molecule has 2 nitrogen and oxygen atoms in total. The van der Waals surface area contributed by atoms with E-state index in [9.17, 15) is 0 Å². The van der Waals surface area contributed by atoms with E-state index in [-0.39, 0.29) is 5.54 Å². The van der Waals surface area contributed by atoms with E-state index < -0.39 is 0 Å². The minimum atomic E-state index is 0.239. The third kappa shape index (κ3) is 3.01. The van der Waals surface area contributed by atoms with E-state index in [1.807, 2.05) is 0 Å². The van der Waals surface area contributed by atoms with Crippen LogP contribution in [0.1, 0.15) is 38.8 Å². The van der Waals surface area contributed by atoms with Crippen LogP contribution in [0.25, 0.3) is 0 Å². The van der Waals surface area contributed by atoms with Crippen LogP contribution in [0.5, 0.6) is 0 Å². The number of benzene rings is 1. The van der Waals surface area contributed by atoms with Crippen molar-refractivity contribution in [3.63, 3.8) is 0 Å². The van der Waals surface area contributed by atoms with Gasteiger partial charge in [0, 0.05) is 31.2 Å². The maximum absolute atomic E-state index is 3.70. The summed E-state index contributed by atoms with van der Waals surface area (Å²) in [6.07, 6.45) is 1.42. The standard InChI is InChI=1S/C17H26N2/c1-13-9-15(13)11-19-12-17(2,3)18-10-16(19)14-7-5-4-6-8-14/h4-8,13,15-16,18H,9-12H2,1-3H3. The Hall–Kier alpha value is -0.860. The fraction of sp³-hybridized carbons (Fsp3) is 0.647. The summed E-state index contributed by atoms with van der Waals surface area (Å²) in [5.74, 6) is 1.87. The summed E-state index contributed by atoms with van der Waals surface area (Å²) in [5, 5.41) is 3.70. The Morgan fingerprint density at radius 1 is 1.26 bits per heavy atom. The molecule has 2 aliphatic rings. The van der Waals surface area contributed by atoms with Crippen molar-refractivity contribution >= 4 is 0 Å². The number of hydrogen-bond donors (Lipinski definition) is 1. The first kappa shape index (κ1) is 13.1. The van der Waals surface area contributed by atoms with Gasteiger partial charge in [-0.25, -0.2) is 0 Å². The number of rotatable bonds is 3. The molecule has 3 unspecified atom stereocenters. The first-order chi connectivity index (χ1) is 9.05. The van der Waals surface area contributed by atoms with Gasteiger partial charge < -0.3 is 5.32 Å². The van der Waals surface area contributed by atoms with Crippen LogP contribution in [0.2, 0.25) is 0 Å². The van der Waals surface area contributed by atoms with Crippen LogP contribution in [-0.4, -0.2) is 30.1 Å². The average molecular weight is 258 g/mol. The molecule has 3 atom stereocenters. The van der Waals surface area contributed by atoms with Crippen molar-refractivity contribution in [1.82, 2.24) is 10.2 Å². The molecule has 1 heterocycles. The Morgan fingerprint density at radius 2 is 1.95 bits per heavy atom. The molecule has 1 aliphatic carbocycles.